The summed E-state index contributed by atoms with van der Waals surface area (Å²) in [7, 11) is 0. The molecular weight excluding hydrogens is 532 g/mol. The standard InChI is InChI=1S/C38H54N2O3/c1-34(2)18-19-38(17-14-31(42)40-25-10-8-7-9-11-25)16-12-26-32(27(38)22-34)28(41)20-30-36(26,5)15-13-29-35(3,4)33(43)24(23-39)21-37(29,30)6/h20-21,25-27,29,32H,7-19,22H2,1-6H3,(H,40,42)/t26?,27?,29?,32?,36?,37?,38-/m1/s1. The maximum absolute atomic E-state index is 14.5. The fourth-order valence-corrected chi connectivity index (χ4v) is 11.7. The van der Waals surface area contributed by atoms with Gasteiger partial charge in [0.05, 0.1) is 5.57 Å². The number of rotatable bonds is 4. The van der Waals surface area contributed by atoms with E-state index >= 15 is 0 Å². The van der Waals surface area contributed by atoms with Crippen molar-refractivity contribution in [2.75, 3.05) is 0 Å². The van der Waals surface area contributed by atoms with Crippen LogP contribution in [0.4, 0.5) is 0 Å². The molecule has 6 unspecified atom stereocenters. The molecule has 5 heteroatoms. The van der Waals surface area contributed by atoms with Crippen LogP contribution in [0.5, 0.6) is 0 Å². The molecule has 0 aromatic heterocycles. The molecule has 4 fully saturated rings. The first-order valence-corrected chi connectivity index (χ1v) is 17.4. The third-order valence-electron chi connectivity index (χ3n) is 14.1. The van der Waals surface area contributed by atoms with E-state index in [4.69, 9.17) is 0 Å². The molecule has 1 N–H and O–H groups in total. The van der Waals surface area contributed by atoms with Crippen LogP contribution in [0.1, 0.15) is 131 Å². The van der Waals surface area contributed by atoms with E-state index in [1.54, 1.807) is 0 Å². The highest BCUT2D eigenvalue weighted by atomic mass is 16.2. The second-order valence-corrected chi connectivity index (χ2v) is 17.4. The van der Waals surface area contributed by atoms with Crippen LogP contribution in [-0.4, -0.2) is 23.5 Å². The predicted molar refractivity (Wildman–Crippen MR) is 169 cm³/mol. The van der Waals surface area contributed by atoms with E-state index in [0.29, 0.717) is 18.4 Å². The Kier molecular flexibility index (Phi) is 7.46. The number of allylic oxidation sites excluding steroid dienone is 4. The van der Waals surface area contributed by atoms with Crippen molar-refractivity contribution in [3.8, 4) is 6.07 Å². The Labute approximate surface area is 259 Å². The number of hydrogen-bond acceptors (Lipinski definition) is 4. The molecule has 7 atom stereocenters. The van der Waals surface area contributed by atoms with Crippen LogP contribution in [0.3, 0.4) is 0 Å². The van der Waals surface area contributed by atoms with Gasteiger partial charge >= 0.3 is 0 Å². The molecule has 5 nitrogen and oxygen atoms in total. The minimum Gasteiger partial charge on any atom is -0.353 e. The van der Waals surface area contributed by atoms with Crippen molar-refractivity contribution in [3.63, 3.8) is 0 Å². The number of carbonyl (C=O) groups excluding carboxylic acids is 3. The summed E-state index contributed by atoms with van der Waals surface area (Å²) in [6.45, 7) is 13.3. The fourth-order valence-electron chi connectivity index (χ4n) is 11.7. The zero-order valence-corrected chi connectivity index (χ0v) is 27.6. The molecule has 0 bridgehead atoms. The fraction of sp³-hybridized carbons (Fsp3) is 0.789. The van der Waals surface area contributed by atoms with Gasteiger partial charge in [-0.15, -0.1) is 0 Å². The Bertz CT molecular complexity index is 1310. The molecule has 0 saturated heterocycles. The lowest BCUT2D eigenvalue weighted by Crippen LogP contribution is -2.60. The lowest BCUT2D eigenvalue weighted by Gasteiger charge is -2.65. The van der Waals surface area contributed by atoms with E-state index in [1.165, 1.54) is 24.8 Å². The number of nitrogens with zero attached hydrogens (tertiary/aromatic N) is 1. The monoisotopic (exact) mass is 586 g/mol. The molecule has 0 aromatic carbocycles. The highest BCUT2D eigenvalue weighted by Gasteiger charge is 2.65. The largest absolute Gasteiger partial charge is 0.353 e. The van der Waals surface area contributed by atoms with E-state index in [-0.39, 0.29) is 57.0 Å². The second-order valence-electron chi connectivity index (χ2n) is 17.4. The minimum atomic E-state index is -0.635. The number of hydrogen-bond donors (Lipinski definition) is 1. The minimum absolute atomic E-state index is 0.0127. The molecule has 0 spiro atoms. The van der Waals surface area contributed by atoms with Gasteiger partial charge in [0, 0.05) is 29.2 Å². The van der Waals surface area contributed by atoms with Crippen molar-refractivity contribution in [1.29, 1.82) is 5.26 Å². The molecular formula is C38H54N2O3. The Hall–Kier alpha value is -2.22. The third-order valence-corrected chi connectivity index (χ3v) is 14.1. The maximum atomic E-state index is 14.5. The highest BCUT2D eigenvalue weighted by molar-refractivity contribution is 6.04. The van der Waals surface area contributed by atoms with E-state index < -0.39 is 10.8 Å². The molecule has 0 aromatic rings. The lowest BCUT2D eigenvalue weighted by atomic mass is 9.38. The zero-order valence-electron chi connectivity index (χ0n) is 27.6. The first kappa shape index (κ1) is 30.8. The van der Waals surface area contributed by atoms with E-state index in [9.17, 15) is 19.6 Å². The SMILES string of the molecule is CC1(C)CC[C@]2(CCC(=O)NC3CCCCC3)CCC3C(C(=O)C=C4C5(C)C=C(C#N)C(=O)C(C)(C)C5CCC43C)C2C1. The summed E-state index contributed by atoms with van der Waals surface area (Å²) >= 11 is 0. The first-order valence-electron chi connectivity index (χ1n) is 17.4. The molecule has 4 saturated carbocycles. The number of ketones is 2. The van der Waals surface area contributed by atoms with Gasteiger partial charge in [-0.2, -0.15) is 5.26 Å². The molecule has 6 aliphatic carbocycles. The summed E-state index contributed by atoms with van der Waals surface area (Å²) in [5, 5.41) is 13.3. The lowest BCUT2D eigenvalue weighted by molar-refractivity contribution is -0.149. The number of nitriles is 1. The van der Waals surface area contributed by atoms with E-state index in [2.05, 4.69) is 39.1 Å². The summed E-state index contributed by atoms with van der Waals surface area (Å²) in [5.41, 5.74) is 0.415. The Morgan fingerprint density at radius 1 is 0.930 bits per heavy atom. The predicted octanol–water partition coefficient (Wildman–Crippen LogP) is 8.04. The number of fused-ring (bicyclic) bond motifs is 7. The third kappa shape index (κ3) is 4.80. The molecule has 6 aliphatic rings. The van der Waals surface area contributed by atoms with Crippen molar-refractivity contribution >= 4 is 17.5 Å². The molecule has 43 heavy (non-hydrogen) atoms. The van der Waals surface area contributed by atoms with Crippen molar-refractivity contribution < 1.29 is 14.4 Å². The summed E-state index contributed by atoms with van der Waals surface area (Å²) in [6, 6.07) is 2.55. The van der Waals surface area contributed by atoms with Gasteiger partial charge in [-0.3, -0.25) is 14.4 Å². The van der Waals surface area contributed by atoms with E-state index in [1.807, 2.05) is 26.0 Å². The molecule has 1 amide bonds. The van der Waals surface area contributed by atoms with Crippen molar-refractivity contribution in [3.05, 3.63) is 23.3 Å². The van der Waals surface area contributed by atoms with Gasteiger partial charge < -0.3 is 5.32 Å². The Morgan fingerprint density at radius 3 is 2.35 bits per heavy atom. The topological polar surface area (TPSA) is 87.0 Å². The highest BCUT2D eigenvalue weighted by Crippen LogP contribution is 2.71. The van der Waals surface area contributed by atoms with Crippen LogP contribution in [-0.2, 0) is 14.4 Å². The molecule has 234 valence electrons. The van der Waals surface area contributed by atoms with Gasteiger partial charge in [0.1, 0.15) is 6.07 Å². The van der Waals surface area contributed by atoms with Crippen LogP contribution < -0.4 is 5.32 Å². The van der Waals surface area contributed by atoms with Crippen LogP contribution in [0.2, 0.25) is 0 Å². The Balaban J connectivity index is 1.33. The smallest absolute Gasteiger partial charge is 0.220 e. The summed E-state index contributed by atoms with van der Waals surface area (Å²) in [4.78, 5) is 41.0. The summed E-state index contributed by atoms with van der Waals surface area (Å²) < 4.78 is 0. The van der Waals surface area contributed by atoms with Crippen LogP contribution >= 0.6 is 0 Å². The van der Waals surface area contributed by atoms with Crippen molar-refractivity contribution in [2.24, 2.45) is 50.7 Å². The van der Waals surface area contributed by atoms with E-state index in [0.717, 1.165) is 64.2 Å². The molecule has 6 rings (SSSR count). The average Bonchev–Trinajstić information content (AvgIpc) is 2.95. The van der Waals surface area contributed by atoms with Crippen molar-refractivity contribution in [1.82, 2.24) is 5.32 Å². The van der Waals surface area contributed by atoms with Crippen LogP contribution in [0.25, 0.3) is 0 Å². The molecule has 0 aliphatic heterocycles. The zero-order chi connectivity index (χ0) is 31.0. The number of amides is 1. The normalized spacial score (nSPS) is 41.8. The van der Waals surface area contributed by atoms with Gasteiger partial charge in [0.25, 0.3) is 0 Å². The number of carbonyl (C=O) groups is 3. The quantitative estimate of drug-likeness (QED) is 0.361. The molecule has 0 heterocycles. The van der Waals surface area contributed by atoms with Crippen LogP contribution in [0, 0.1) is 62.1 Å². The van der Waals surface area contributed by atoms with Gasteiger partial charge in [0.2, 0.25) is 5.91 Å². The average molecular weight is 587 g/mol. The molecule has 0 radical (unpaired) electrons. The van der Waals surface area contributed by atoms with Gasteiger partial charge in [-0.1, -0.05) is 72.5 Å². The van der Waals surface area contributed by atoms with Gasteiger partial charge in [-0.25, -0.2) is 0 Å². The Morgan fingerprint density at radius 2 is 1.65 bits per heavy atom. The maximum Gasteiger partial charge on any atom is 0.220 e. The summed E-state index contributed by atoms with van der Waals surface area (Å²) in [6.07, 6.45) is 18.6. The van der Waals surface area contributed by atoms with Gasteiger partial charge in [-0.05, 0) is 104 Å². The summed E-state index contributed by atoms with van der Waals surface area (Å²) in [5.74, 6) is 1.03. The first-order chi connectivity index (χ1) is 20.2. The number of nitrogens with one attached hydrogen (secondary N) is 1. The van der Waals surface area contributed by atoms with Gasteiger partial charge in [0.15, 0.2) is 11.6 Å². The number of Topliss-reactive ketones (excluding diaryl/α,β-unsaturated/α-hetero) is 1. The van der Waals surface area contributed by atoms with Crippen molar-refractivity contribution in [2.45, 2.75) is 137 Å². The van der Waals surface area contributed by atoms with Crippen LogP contribution in [0.15, 0.2) is 23.3 Å². The second kappa shape index (κ2) is 10.4.